The third-order valence-corrected chi connectivity index (χ3v) is 2.91. The second-order valence-corrected chi connectivity index (χ2v) is 4.49. The summed E-state index contributed by atoms with van der Waals surface area (Å²) in [6.07, 6.45) is 2.38. The summed E-state index contributed by atoms with van der Waals surface area (Å²) in [5.74, 6) is 1.83. The lowest BCUT2D eigenvalue weighted by Gasteiger charge is -2.17. The first-order valence-corrected chi connectivity index (χ1v) is 6.75. The molecule has 1 aromatic carbocycles. The lowest BCUT2D eigenvalue weighted by molar-refractivity contribution is 0.214. The fourth-order valence-corrected chi connectivity index (χ4v) is 1.64. The summed E-state index contributed by atoms with van der Waals surface area (Å²) < 4.78 is 11.2. The van der Waals surface area contributed by atoms with E-state index in [1.54, 1.807) is 7.11 Å². The molecule has 0 saturated carbocycles. The standard InChI is InChI=1S/C15H25NO2/c1-5-9-16-11-13-10-14(17-4)7-8-15(13)18-12(3)6-2/h7-8,10,12,16H,5-6,9,11H2,1-4H3. The van der Waals surface area contributed by atoms with E-state index in [4.69, 9.17) is 9.47 Å². The third-order valence-electron chi connectivity index (χ3n) is 2.91. The highest BCUT2D eigenvalue weighted by Gasteiger charge is 2.08. The second kappa shape index (κ2) is 7.98. The van der Waals surface area contributed by atoms with Crippen LogP contribution in [-0.2, 0) is 6.54 Å². The van der Waals surface area contributed by atoms with E-state index < -0.39 is 0 Å². The van der Waals surface area contributed by atoms with Gasteiger partial charge in [0.25, 0.3) is 0 Å². The van der Waals surface area contributed by atoms with E-state index in [1.165, 1.54) is 0 Å². The number of hydrogen-bond acceptors (Lipinski definition) is 3. The van der Waals surface area contributed by atoms with Gasteiger partial charge in [-0.2, -0.15) is 0 Å². The fourth-order valence-electron chi connectivity index (χ4n) is 1.64. The van der Waals surface area contributed by atoms with Crippen LogP contribution in [0.1, 0.15) is 39.2 Å². The number of nitrogens with one attached hydrogen (secondary N) is 1. The van der Waals surface area contributed by atoms with Crippen LogP contribution in [0.2, 0.25) is 0 Å². The molecule has 1 aromatic rings. The number of benzene rings is 1. The molecule has 0 aliphatic heterocycles. The molecule has 0 amide bonds. The molecule has 0 aliphatic carbocycles. The Morgan fingerprint density at radius 3 is 2.67 bits per heavy atom. The highest BCUT2D eigenvalue weighted by molar-refractivity contribution is 5.40. The van der Waals surface area contributed by atoms with Crippen LogP contribution in [0.3, 0.4) is 0 Å². The van der Waals surface area contributed by atoms with Crippen LogP contribution < -0.4 is 14.8 Å². The lowest BCUT2D eigenvalue weighted by atomic mass is 10.1. The van der Waals surface area contributed by atoms with Gasteiger partial charge in [-0.05, 0) is 44.5 Å². The fraction of sp³-hybridized carbons (Fsp3) is 0.600. The van der Waals surface area contributed by atoms with Crippen LogP contribution in [0.25, 0.3) is 0 Å². The van der Waals surface area contributed by atoms with Gasteiger partial charge >= 0.3 is 0 Å². The van der Waals surface area contributed by atoms with Crippen LogP contribution in [-0.4, -0.2) is 19.8 Å². The Bertz CT molecular complexity index is 352. The van der Waals surface area contributed by atoms with Crippen molar-refractivity contribution in [3.05, 3.63) is 23.8 Å². The van der Waals surface area contributed by atoms with E-state index in [-0.39, 0.29) is 6.10 Å². The zero-order valence-electron chi connectivity index (χ0n) is 12.0. The molecule has 0 fully saturated rings. The SMILES string of the molecule is CCCNCc1cc(OC)ccc1OC(C)CC. The number of ether oxygens (including phenoxy) is 2. The average molecular weight is 251 g/mol. The van der Waals surface area contributed by atoms with E-state index in [0.717, 1.165) is 43.0 Å². The maximum absolute atomic E-state index is 5.93. The molecular formula is C15H25NO2. The Labute approximate surface area is 110 Å². The quantitative estimate of drug-likeness (QED) is 0.719. The molecule has 1 atom stereocenters. The minimum Gasteiger partial charge on any atom is -0.497 e. The van der Waals surface area contributed by atoms with Gasteiger partial charge in [0, 0.05) is 12.1 Å². The molecule has 1 rings (SSSR count). The van der Waals surface area contributed by atoms with Crippen molar-refractivity contribution in [3.8, 4) is 11.5 Å². The van der Waals surface area contributed by atoms with Gasteiger partial charge in [-0.3, -0.25) is 0 Å². The molecule has 102 valence electrons. The summed E-state index contributed by atoms with van der Waals surface area (Å²) in [5, 5.41) is 3.40. The topological polar surface area (TPSA) is 30.5 Å². The summed E-state index contributed by atoms with van der Waals surface area (Å²) in [6, 6.07) is 5.98. The minimum atomic E-state index is 0.239. The van der Waals surface area contributed by atoms with Crippen molar-refractivity contribution in [2.24, 2.45) is 0 Å². The maximum Gasteiger partial charge on any atom is 0.124 e. The normalized spacial score (nSPS) is 12.2. The maximum atomic E-state index is 5.93. The van der Waals surface area contributed by atoms with E-state index in [0.29, 0.717) is 0 Å². The van der Waals surface area contributed by atoms with Gasteiger partial charge in [-0.25, -0.2) is 0 Å². The molecule has 0 heterocycles. The zero-order chi connectivity index (χ0) is 13.4. The summed E-state index contributed by atoms with van der Waals surface area (Å²) in [5.41, 5.74) is 1.16. The van der Waals surface area contributed by atoms with Crippen molar-refractivity contribution < 1.29 is 9.47 Å². The lowest BCUT2D eigenvalue weighted by Crippen LogP contribution is -2.17. The summed E-state index contributed by atoms with van der Waals surface area (Å²) in [7, 11) is 1.69. The highest BCUT2D eigenvalue weighted by Crippen LogP contribution is 2.25. The second-order valence-electron chi connectivity index (χ2n) is 4.49. The van der Waals surface area contributed by atoms with E-state index in [1.807, 2.05) is 18.2 Å². The van der Waals surface area contributed by atoms with Crippen molar-refractivity contribution >= 4 is 0 Å². The predicted octanol–water partition coefficient (Wildman–Crippen LogP) is 3.37. The van der Waals surface area contributed by atoms with Gasteiger partial charge in [-0.15, -0.1) is 0 Å². The van der Waals surface area contributed by atoms with E-state index in [2.05, 4.69) is 26.1 Å². The molecule has 1 unspecified atom stereocenters. The monoisotopic (exact) mass is 251 g/mol. The molecule has 3 heteroatoms. The smallest absolute Gasteiger partial charge is 0.124 e. The summed E-state index contributed by atoms with van der Waals surface area (Å²) in [6.45, 7) is 8.21. The molecule has 0 spiro atoms. The van der Waals surface area contributed by atoms with Crippen LogP contribution in [0.5, 0.6) is 11.5 Å². The Hall–Kier alpha value is -1.22. The van der Waals surface area contributed by atoms with Crippen LogP contribution in [0.15, 0.2) is 18.2 Å². The first kappa shape index (κ1) is 14.8. The van der Waals surface area contributed by atoms with Crippen molar-refractivity contribution in [2.45, 2.75) is 46.3 Å². The number of methoxy groups -OCH3 is 1. The molecule has 0 bridgehead atoms. The molecule has 0 aromatic heterocycles. The molecule has 0 radical (unpaired) electrons. The van der Waals surface area contributed by atoms with Gasteiger partial charge in [0.2, 0.25) is 0 Å². The zero-order valence-corrected chi connectivity index (χ0v) is 12.0. The predicted molar refractivity (Wildman–Crippen MR) is 75.4 cm³/mol. The molecule has 3 nitrogen and oxygen atoms in total. The first-order chi connectivity index (χ1) is 8.71. The van der Waals surface area contributed by atoms with Crippen LogP contribution in [0, 0.1) is 0 Å². The Morgan fingerprint density at radius 2 is 2.06 bits per heavy atom. The van der Waals surface area contributed by atoms with Gasteiger partial charge in [0.15, 0.2) is 0 Å². The van der Waals surface area contributed by atoms with Crippen molar-refractivity contribution in [3.63, 3.8) is 0 Å². The number of hydrogen-bond donors (Lipinski definition) is 1. The van der Waals surface area contributed by atoms with Crippen LogP contribution >= 0.6 is 0 Å². The van der Waals surface area contributed by atoms with Crippen molar-refractivity contribution in [1.82, 2.24) is 5.32 Å². The van der Waals surface area contributed by atoms with Gasteiger partial charge in [0.1, 0.15) is 11.5 Å². The molecule has 18 heavy (non-hydrogen) atoms. The molecule has 0 aliphatic rings. The Morgan fingerprint density at radius 1 is 1.28 bits per heavy atom. The summed E-state index contributed by atoms with van der Waals surface area (Å²) in [4.78, 5) is 0. The Balaban J connectivity index is 2.79. The first-order valence-electron chi connectivity index (χ1n) is 6.75. The van der Waals surface area contributed by atoms with Gasteiger partial charge in [-0.1, -0.05) is 13.8 Å². The summed E-state index contributed by atoms with van der Waals surface area (Å²) >= 11 is 0. The molecule has 1 N–H and O–H groups in total. The minimum absolute atomic E-state index is 0.239. The average Bonchev–Trinajstić information content (AvgIpc) is 2.40. The third kappa shape index (κ3) is 4.57. The largest absolute Gasteiger partial charge is 0.497 e. The highest BCUT2D eigenvalue weighted by atomic mass is 16.5. The molecule has 0 saturated heterocycles. The van der Waals surface area contributed by atoms with E-state index in [9.17, 15) is 0 Å². The van der Waals surface area contributed by atoms with Crippen LogP contribution in [0.4, 0.5) is 0 Å². The Kier molecular flexibility index (Phi) is 6.58. The van der Waals surface area contributed by atoms with Crippen molar-refractivity contribution in [1.29, 1.82) is 0 Å². The number of rotatable bonds is 8. The van der Waals surface area contributed by atoms with E-state index >= 15 is 0 Å². The van der Waals surface area contributed by atoms with Gasteiger partial charge < -0.3 is 14.8 Å². The van der Waals surface area contributed by atoms with Gasteiger partial charge in [0.05, 0.1) is 13.2 Å². The van der Waals surface area contributed by atoms with Crippen molar-refractivity contribution in [2.75, 3.05) is 13.7 Å². The molecular weight excluding hydrogens is 226 g/mol.